The molecular weight excluding hydrogens is 341 g/mol. The van der Waals surface area contributed by atoms with Crippen LogP contribution in [0.15, 0.2) is 30.3 Å². The van der Waals surface area contributed by atoms with Crippen LogP contribution in [0.1, 0.15) is 26.3 Å². The Bertz CT molecular complexity index is 228. The van der Waals surface area contributed by atoms with Crippen LogP contribution in [0.3, 0.4) is 0 Å². The summed E-state index contributed by atoms with van der Waals surface area (Å²) in [5.41, 5.74) is 1.69. The van der Waals surface area contributed by atoms with Gasteiger partial charge in [0.1, 0.15) is 0 Å². The molecule has 13 heavy (non-hydrogen) atoms. The first-order valence-electron chi connectivity index (χ1n) is 3.99. The Morgan fingerprint density at radius 3 is 1.54 bits per heavy atom. The molecule has 0 amide bonds. The molecule has 1 rings (SSSR count). The van der Waals surface area contributed by atoms with Crippen molar-refractivity contribution in [2.45, 2.75) is 26.2 Å². The minimum absolute atomic E-state index is 0. The van der Waals surface area contributed by atoms with E-state index in [2.05, 4.69) is 63.9 Å². The van der Waals surface area contributed by atoms with Gasteiger partial charge in [0.15, 0.2) is 0 Å². The monoisotopic (exact) mass is 357 g/mol. The van der Waals surface area contributed by atoms with Crippen molar-refractivity contribution in [1.29, 1.82) is 0 Å². The van der Waals surface area contributed by atoms with Gasteiger partial charge in [0.2, 0.25) is 0 Å². The van der Waals surface area contributed by atoms with E-state index in [0.29, 0.717) is 5.41 Å². The molecular formula is C12H16Au. The van der Waals surface area contributed by atoms with Crippen molar-refractivity contribution in [2.75, 3.05) is 0 Å². The van der Waals surface area contributed by atoms with E-state index in [1.165, 1.54) is 5.56 Å². The molecule has 1 aromatic carbocycles. The van der Waals surface area contributed by atoms with E-state index >= 15 is 0 Å². The second-order valence-corrected chi connectivity index (χ2v) is 3.62. The molecule has 0 aliphatic heterocycles. The molecule has 0 aliphatic carbocycles. The summed E-state index contributed by atoms with van der Waals surface area (Å²) in [5, 5.41) is 0. The molecule has 1 heteroatoms. The second kappa shape index (κ2) is 6.98. The summed E-state index contributed by atoms with van der Waals surface area (Å²) in [4.78, 5) is 0. The molecule has 0 spiro atoms. The van der Waals surface area contributed by atoms with Crippen LogP contribution in [0.2, 0.25) is 0 Å². The first kappa shape index (κ1) is 15.0. The fourth-order valence-electron chi connectivity index (χ4n) is 0.938. The van der Waals surface area contributed by atoms with Crippen molar-refractivity contribution >= 4 is 0 Å². The molecule has 0 aliphatic rings. The van der Waals surface area contributed by atoms with E-state index in [9.17, 15) is 0 Å². The van der Waals surface area contributed by atoms with Gasteiger partial charge in [-0.2, -0.15) is 0 Å². The number of benzene rings is 1. The Morgan fingerprint density at radius 2 is 1.31 bits per heavy atom. The quantitative estimate of drug-likeness (QED) is 0.494. The molecule has 0 fully saturated rings. The Kier molecular flexibility index (Phi) is 8.06. The van der Waals surface area contributed by atoms with Gasteiger partial charge in [0, 0.05) is 22.4 Å². The van der Waals surface area contributed by atoms with Crippen LogP contribution in [0.25, 0.3) is 0 Å². The fourth-order valence-corrected chi connectivity index (χ4v) is 0.938. The standard InChI is InChI=1S/C10H14.C2H2.Au/c1-10(2,3)9-7-5-4-6-8-9;1-2;/h4-8H,1-3H3;1-2H;. The molecule has 0 bridgehead atoms. The van der Waals surface area contributed by atoms with Crippen molar-refractivity contribution in [3.8, 4) is 12.8 Å². The maximum Gasteiger partial charge on any atom is 0 e. The molecule has 1 radical (unpaired) electrons. The zero-order chi connectivity index (χ0) is 9.61. The smallest absolute Gasteiger partial charge is 0 e. The van der Waals surface area contributed by atoms with Gasteiger partial charge in [-0.3, -0.25) is 0 Å². The molecule has 0 N–H and O–H groups in total. The van der Waals surface area contributed by atoms with Crippen LogP contribution in [0.4, 0.5) is 0 Å². The summed E-state index contributed by atoms with van der Waals surface area (Å²) in [6, 6.07) is 10.6. The number of terminal acetylenes is 1. The topological polar surface area (TPSA) is 0 Å². The van der Waals surface area contributed by atoms with Crippen LogP contribution in [0.5, 0.6) is 0 Å². The molecule has 0 nitrogen and oxygen atoms in total. The first-order valence-corrected chi connectivity index (χ1v) is 3.99. The molecule has 1 aromatic rings. The van der Waals surface area contributed by atoms with Crippen LogP contribution in [-0.4, -0.2) is 0 Å². The molecule has 0 saturated carbocycles. The third kappa shape index (κ3) is 5.71. The Labute approximate surface area is 97.3 Å². The van der Waals surface area contributed by atoms with E-state index < -0.39 is 0 Å². The summed E-state index contributed by atoms with van der Waals surface area (Å²) in [7, 11) is 0. The average molecular weight is 357 g/mol. The maximum absolute atomic E-state index is 4.00. The average Bonchev–Trinajstić information content (AvgIpc) is 2.08. The van der Waals surface area contributed by atoms with Gasteiger partial charge in [-0.25, -0.2) is 0 Å². The van der Waals surface area contributed by atoms with Gasteiger partial charge in [-0.05, 0) is 11.0 Å². The summed E-state index contributed by atoms with van der Waals surface area (Å²) < 4.78 is 0. The van der Waals surface area contributed by atoms with Crippen LogP contribution >= 0.6 is 0 Å². The molecule has 0 saturated heterocycles. The zero-order valence-corrected chi connectivity index (χ0v) is 10.5. The van der Waals surface area contributed by atoms with Crippen molar-refractivity contribution in [3.63, 3.8) is 0 Å². The van der Waals surface area contributed by atoms with Gasteiger partial charge in [-0.15, -0.1) is 12.8 Å². The van der Waals surface area contributed by atoms with Crippen molar-refractivity contribution in [2.24, 2.45) is 0 Å². The first-order chi connectivity index (χ1) is 5.61. The SMILES string of the molecule is C#C.CC(C)(C)c1ccccc1.[Au]. The van der Waals surface area contributed by atoms with Crippen molar-refractivity contribution in [1.82, 2.24) is 0 Å². The van der Waals surface area contributed by atoms with Gasteiger partial charge in [0.05, 0.1) is 0 Å². The molecule has 0 atom stereocenters. The summed E-state index contributed by atoms with van der Waals surface area (Å²) in [6.07, 6.45) is 8.00. The van der Waals surface area contributed by atoms with Crippen molar-refractivity contribution in [3.05, 3.63) is 35.9 Å². The molecule has 75 valence electrons. The van der Waals surface area contributed by atoms with Crippen molar-refractivity contribution < 1.29 is 22.4 Å². The Balaban J connectivity index is 0. The van der Waals surface area contributed by atoms with E-state index in [4.69, 9.17) is 0 Å². The van der Waals surface area contributed by atoms with E-state index in [-0.39, 0.29) is 22.4 Å². The zero-order valence-electron chi connectivity index (χ0n) is 8.34. The minimum atomic E-state index is 0. The minimum Gasteiger partial charge on any atom is -0.124 e. The third-order valence-corrected chi connectivity index (χ3v) is 1.64. The predicted octanol–water partition coefficient (Wildman–Crippen LogP) is 3.23. The third-order valence-electron chi connectivity index (χ3n) is 1.64. The molecule has 0 aromatic heterocycles. The van der Waals surface area contributed by atoms with Gasteiger partial charge >= 0.3 is 0 Å². The number of hydrogen-bond donors (Lipinski definition) is 0. The fraction of sp³-hybridized carbons (Fsp3) is 0.333. The summed E-state index contributed by atoms with van der Waals surface area (Å²) in [5.74, 6) is 0. The van der Waals surface area contributed by atoms with E-state index in [1.54, 1.807) is 0 Å². The molecule has 0 heterocycles. The van der Waals surface area contributed by atoms with Crippen LogP contribution in [-0.2, 0) is 27.8 Å². The predicted molar refractivity (Wildman–Crippen MR) is 55.0 cm³/mol. The second-order valence-electron chi connectivity index (χ2n) is 3.62. The normalized spacial score (nSPS) is 9.00. The summed E-state index contributed by atoms with van der Waals surface area (Å²) >= 11 is 0. The van der Waals surface area contributed by atoms with E-state index in [0.717, 1.165) is 0 Å². The Morgan fingerprint density at radius 1 is 0.923 bits per heavy atom. The largest absolute Gasteiger partial charge is 0.124 e. The molecule has 0 unspecified atom stereocenters. The van der Waals surface area contributed by atoms with Gasteiger partial charge < -0.3 is 0 Å². The van der Waals surface area contributed by atoms with Crippen LogP contribution < -0.4 is 0 Å². The van der Waals surface area contributed by atoms with E-state index in [1.807, 2.05) is 0 Å². The van der Waals surface area contributed by atoms with Gasteiger partial charge in [-0.1, -0.05) is 51.1 Å². The Hall–Kier alpha value is -0.480. The number of rotatable bonds is 0. The van der Waals surface area contributed by atoms with Gasteiger partial charge in [0.25, 0.3) is 0 Å². The van der Waals surface area contributed by atoms with Crippen LogP contribution in [0, 0.1) is 12.8 Å². The summed E-state index contributed by atoms with van der Waals surface area (Å²) in [6.45, 7) is 6.67. The number of hydrogen-bond acceptors (Lipinski definition) is 0. The maximum atomic E-state index is 4.00.